The Balaban J connectivity index is 2.05. The summed E-state index contributed by atoms with van der Waals surface area (Å²) in [4.78, 5) is 15.1. The molecule has 3 rings (SSSR count). The molecule has 1 aliphatic heterocycles. The molecule has 1 heterocycles. The Morgan fingerprint density at radius 3 is 2.54 bits per heavy atom. The average Bonchev–Trinajstić information content (AvgIpc) is 2.61. The van der Waals surface area contributed by atoms with Gasteiger partial charge in [0.15, 0.2) is 0 Å². The van der Waals surface area contributed by atoms with E-state index in [2.05, 4.69) is 13.0 Å². The molecule has 0 radical (unpaired) electrons. The Kier molecular flexibility index (Phi) is 5.10. The van der Waals surface area contributed by atoms with Gasteiger partial charge < -0.3 is 9.64 Å². The molecular weight excluding hydrogens is 346 g/mol. The number of hydrogen-bond acceptors (Lipinski definition) is 2. The molecule has 0 spiro atoms. The molecule has 0 aromatic heterocycles. The summed E-state index contributed by atoms with van der Waals surface area (Å²) in [5, 5.41) is -0.735. The zero-order valence-electron chi connectivity index (χ0n) is 15.6. The molecule has 3 nitrogen and oxygen atoms in total. The van der Waals surface area contributed by atoms with Crippen molar-refractivity contribution in [1.82, 2.24) is 0 Å². The smallest absolute Gasteiger partial charge is 0.250 e. The standard InChI is InChI=1S/C22H24ClNO2/c1-5-26-17-11-12-19-18(13-17)15(2)14-22(3,4)24(19)21(25)20(23)16-9-7-6-8-10-16/h6-14,20H,5H2,1-4H3. The quantitative estimate of drug-likeness (QED) is 0.657. The van der Waals surface area contributed by atoms with Gasteiger partial charge in [-0.1, -0.05) is 36.4 Å². The first-order chi connectivity index (χ1) is 12.3. The molecule has 0 bridgehead atoms. The van der Waals surface area contributed by atoms with Crippen molar-refractivity contribution in [2.75, 3.05) is 11.5 Å². The van der Waals surface area contributed by atoms with E-state index in [1.54, 1.807) is 4.90 Å². The first-order valence-corrected chi connectivity index (χ1v) is 9.28. The van der Waals surface area contributed by atoms with Gasteiger partial charge in [0.05, 0.1) is 17.8 Å². The number of nitrogens with zero attached hydrogens (tertiary/aromatic N) is 1. The van der Waals surface area contributed by atoms with Crippen LogP contribution in [0.4, 0.5) is 5.69 Å². The van der Waals surface area contributed by atoms with Gasteiger partial charge in [-0.2, -0.15) is 0 Å². The normalized spacial score (nSPS) is 16.5. The van der Waals surface area contributed by atoms with Crippen LogP contribution in [0.3, 0.4) is 0 Å². The molecule has 0 saturated heterocycles. The van der Waals surface area contributed by atoms with Crippen LogP contribution in [0.1, 0.15) is 44.2 Å². The summed E-state index contributed by atoms with van der Waals surface area (Å²) in [6.07, 6.45) is 2.11. The summed E-state index contributed by atoms with van der Waals surface area (Å²) in [6, 6.07) is 15.3. The van der Waals surface area contributed by atoms with E-state index < -0.39 is 10.9 Å². The van der Waals surface area contributed by atoms with Gasteiger partial charge in [-0.25, -0.2) is 0 Å². The number of anilines is 1. The Morgan fingerprint density at radius 2 is 1.88 bits per heavy atom. The molecule has 26 heavy (non-hydrogen) atoms. The number of carbonyl (C=O) groups is 1. The highest BCUT2D eigenvalue weighted by molar-refractivity contribution is 6.33. The van der Waals surface area contributed by atoms with E-state index in [1.165, 1.54) is 0 Å². The number of rotatable bonds is 4. The van der Waals surface area contributed by atoms with Crippen LogP contribution >= 0.6 is 11.6 Å². The van der Waals surface area contributed by atoms with Crippen molar-refractivity contribution in [2.45, 2.75) is 38.6 Å². The zero-order valence-corrected chi connectivity index (χ0v) is 16.4. The van der Waals surface area contributed by atoms with Crippen LogP contribution in [0.2, 0.25) is 0 Å². The Bertz CT molecular complexity index is 842. The highest BCUT2D eigenvalue weighted by Gasteiger charge is 2.38. The molecule has 0 fully saturated rings. The Labute approximate surface area is 160 Å². The lowest BCUT2D eigenvalue weighted by Crippen LogP contribution is -2.50. The number of carbonyl (C=O) groups excluding carboxylic acids is 1. The fourth-order valence-corrected chi connectivity index (χ4v) is 3.79. The number of fused-ring (bicyclic) bond motifs is 1. The van der Waals surface area contributed by atoms with Gasteiger partial charge >= 0.3 is 0 Å². The van der Waals surface area contributed by atoms with Crippen molar-refractivity contribution in [3.63, 3.8) is 0 Å². The third-order valence-electron chi connectivity index (χ3n) is 4.62. The molecule has 2 aromatic carbocycles. The lowest BCUT2D eigenvalue weighted by atomic mass is 9.88. The van der Waals surface area contributed by atoms with Gasteiger partial charge in [-0.05, 0) is 57.0 Å². The van der Waals surface area contributed by atoms with Crippen molar-refractivity contribution in [1.29, 1.82) is 0 Å². The summed E-state index contributed by atoms with van der Waals surface area (Å²) in [7, 11) is 0. The first-order valence-electron chi connectivity index (χ1n) is 8.85. The SMILES string of the molecule is CCOc1ccc2c(c1)C(C)=CC(C)(C)N2C(=O)C(Cl)c1ccccc1. The number of benzene rings is 2. The molecule has 0 N–H and O–H groups in total. The molecule has 136 valence electrons. The average molecular weight is 370 g/mol. The van der Waals surface area contributed by atoms with Crippen LogP contribution in [-0.4, -0.2) is 18.1 Å². The lowest BCUT2D eigenvalue weighted by molar-refractivity contribution is -0.119. The van der Waals surface area contributed by atoms with Gasteiger partial charge in [0.2, 0.25) is 5.91 Å². The topological polar surface area (TPSA) is 29.5 Å². The molecule has 1 atom stereocenters. The van der Waals surface area contributed by atoms with Gasteiger partial charge in [-0.3, -0.25) is 4.79 Å². The summed E-state index contributed by atoms with van der Waals surface area (Å²) in [6.45, 7) is 8.69. The van der Waals surface area contributed by atoms with Crippen molar-refractivity contribution in [3.05, 3.63) is 65.7 Å². The second-order valence-electron chi connectivity index (χ2n) is 7.04. The molecule has 4 heteroatoms. The number of amides is 1. The van der Waals surface area contributed by atoms with E-state index in [0.29, 0.717) is 6.61 Å². The molecule has 0 aliphatic carbocycles. The van der Waals surface area contributed by atoms with Crippen LogP contribution in [0.15, 0.2) is 54.6 Å². The molecule has 2 aromatic rings. The number of ether oxygens (including phenoxy) is 1. The maximum Gasteiger partial charge on any atom is 0.250 e. The fourth-order valence-electron chi connectivity index (χ4n) is 3.55. The molecule has 1 aliphatic rings. The summed E-state index contributed by atoms with van der Waals surface area (Å²) >= 11 is 6.56. The van der Waals surface area contributed by atoms with Crippen LogP contribution in [0, 0.1) is 0 Å². The fraction of sp³-hybridized carbons (Fsp3) is 0.318. The third-order valence-corrected chi connectivity index (χ3v) is 5.06. The summed E-state index contributed by atoms with van der Waals surface area (Å²) in [5.41, 5.74) is 3.32. The van der Waals surface area contributed by atoms with Gasteiger partial charge in [0.25, 0.3) is 0 Å². The van der Waals surface area contributed by atoms with E-state index in [1.807, 2.05) is 69.3 Å². The molecule has 1 amide bonds. The van der Waals surface area contributed by atoms with Crippen LogP contribution in [0.25, 0.3) is 5.57 Å². The van der Waals surface area contributed by atoms with E-state index in [4.69, 9.17) is 16.3 Å². The monoisotopic (exact) mass is 369 g/mol. The summed E-state index contributed by atoms with van der Waals surface area (Å²) in [5.74, 6) is 0.675. The van der Waals surface area contributed by atoms with Crippen molar-refractivity contribution >= 4 is 28.8 Å². The van der Waals surface area contributed by atoms with Crippen molar-refractivity contribution in [3.8, 4) is 5.75 Å². The minimum atomic E-state index is -0.735. The third kappa shape index (κ3) is 3.36. The summed E-state index contributed by atoms with van der Waals surface area (Å²) < 4.78 is 5.63. The van der Waals surface area contributed by atoms with E-state index in [9.17, 15) is 4.79 Å². The Morgan fingerprint density at radius 1 is 1.19 bits per heavy atom. The van der Waals surface area contributed by atoms with E-state index >= 15 is 0 Å². The van der Waals surface area contributed by atoms with E-state index in [-0.39, 0.29) is 5.91 Å². The van der Waals surface area contributed by atoms with E-state index in [0.717, 1.165) is 28.1 Å². The van der Waals surface area contributed by atoms with Crippen molar-refractivity contribution in [2.24, 2.45) is 0 Å². The lowest BCUT2D eigenvalue weighted by Gasteiger charge is -2.42. The largest absolute Gasteiger partial charge is 0.494 e. The molecule has 0 saturated carbocycles. The highest BCUT2D eigenvalue weighted by atomic mass is 35.5. The van der Waals surface area contributed by atoms with Gasteiger partial charge in [0, 0.05) is 5.56 Å². The number of hydrogen-bond donors (Lipinski definition) is 0. The number of allylic oxidation sites excluding steroid dienone is 1. The zero-order chi connectivity index (χ0) is 18.9. The second-order valence-corrected chi connectivity index (χ2v) is 7.48. The minimum Gasteiger partial charge on any atom is -0.494 e. The molecular formula is C22H24ClNO2. The Hall–Kier alpha value is -2.26. The van der Waals surface area contributed by atoms with Gasteiger partial charge in [0.1, 0.15) is 11.1 Å². The predicted octanol–water partition coefficient (Wildman–Crippen LogP) is 5.59. The first kappa shape index (κ1) is 18.5. The maximum absolute atomic E-state index is 13.3. The minimum absolute atomic E-state index is 0.128. The van der Waals surface area contributed by atoms with Crippen LogP contribution in [0.5, 0.6) is 5.75 Å². The number of alkyl halides is 1. The van der Waals surface area contributed by atoms with Gasteiger partial charge in [-0.15, -0.1) is 11.6 Å². The maximum atomic E-state index is 13.3. The van der Waals surface area contributed by atoms with Crippen molar-refractivity contribution < 1.29 is 9.53 Å². The number of halogens is 1. The highest BCUT2D eigenvalue weighted by Crippen LogP contribution is 2.42. The van der Waals surface area contributed by atoms with Crippen LogP contribution < -0.4 is 9.64 Å². The van der Waals surface area contributed by atoms with Crippen LogP contribution in [-0.2, 0) is 4.79 Å². The second kappa shape index (κ2) is 7.16. The molecule has 1 unspecified atom stereocenters. The predicted molar refractivity (Wildman–Crippen MR) is 108 cm³/mol.